The van der Waals surface area contributed by atoms with Gasteiger partial charge in [-0.3, -0.25) is 0 Å². The van der Waals surface area contributed by atoms with E-state index in [9.17, 15) is 10.2 Å². The molecule has 76 heavy (non-hydrogen) atoms. The molecule has 0 aromatic heterocycles. The van der Waals surface area contributed by atoms with Gasteiger partial charge >= 0.3 is 0 Å². The van der Waals surface area contributed by atoms with Crippen molar-refractivity contribution in [1.82, 2.24) is 0 Å². The lowest BCUT2D eigenvalue weighted by atomic mass is 9.81. The van der Waals surface area contributed by atoms with E-state index >= 15 is 0 Å². The molecule has 0 bridgehead atoms. The molecular formula is C70H98O6. The minimum atomic E-state index is -0.744. The lowest BCUT2D eigenvalue weighted by molar-refractivity contribution is 0.0208. The van der Waals surface area contributed by atoms with Gasteiger partial charge in [0.15, 0.2) is 0 Å². The molecule has 0 aliphatic carbocycles. The van der Waals surface area contributed by atoms with Crippen molar-refractivity contribution < 1.29 is 29.2 Å². The van der Waals surface area contributed by atoms with Crippen molar-refractivity contribution in [2.75, 3.05) is 39.6 Å². The number of hydrogen-bond donors (Lipinski definition) is 2. The smallest absolute Gasteiger partial charge is 0.127 e. The van der Waals surface area contributed by atoms with Gasteiger partial charge in [0.25, 0.3) is 0 Å². The number of para-hydroxylation sites is 1. The van der Waals surface area contributed by atoms with Crippen LogP contribution in [0.4, 0.5) is 0 Å². The number of allylic oxidation sites excluding steroid dienone is 3. The third-order valence-electron chi connectivity index (χ3n) is 14.6. The molecule has 0 amide bonds. The Morgan fingerprint density at radius 3 is 1.46 bits per heavy atom. The van der Waals surface area contributed by atoms with Gasteiger partial charge in [-0.05, 0) is 91.2 Å². The van der Waals surface area contributed by atoms with E-state index in [0.717, 1.165) is 66.1 Å². The predicted octanol–water partition coefficient (Wildman–Crippen LogP) is 17.6. The van der Waals surface area contributed by atoms with Crippen LogP contribution in [0.15, 0.2) is 170 Å². The van der Waals surface area contributed by atoms with E-state index in [4.69, 9.17) is 18.9 Å². The molecule has 414 valence electrons. The van der Waals surface area contributed by atoms with E-state index in [0.29, 0.717) is 19.8 Å². The molecule has 0 fully saturated rings. The molecule has 5 aromatic carbocycles. The summed E-state index contributed by atoms with van der Waals surface area (Å²) < 4.78 is 23.5. The van der Waals surface area contributed by atoms with Gasteiger partial charge in [0, 0.05) is 28.9 Å². The molecule has 0 aliphatic heterocycles. The molecule has 0 spiro atoms. The maximum absolute atomic E-state index is 10.9. The van der Waals surface area contributed by atoms with Gasteiger partial charge in [-0.2, -0.15) is 0 Å². The van der Waals surface area contributed by atoms with Crippen molar-refractivity contribution in [3.8, 4) is 11.5 Å². The molecule has 6 nitrogen and oxygen atoms in total. The van der Waals surface area contributed by atoms with Crippen LogP contribution < -0.4 is 9.47 Å². The van der Waals surface area contributed by atoms with Gasteiger partial charge in [0.1, 0.15) is 36.9 Å². The third kappa shape index (κ3) is 25.3. The topological polar surface area (TPSA) is 77.4 Å². The van der Waals surface area contributed by atoms with E-state index in [2.05, 4.69) is 177 Å². The number of benzene rings is 5. The van der Waals surface area contributed by atoms with Gasteiger partial charge < -0.3 is 29.2 Å². The number of rotatable bonds is 36. The highest BCUT2D eigenvalue weighted by Gasteiger charge is 2.25. The number of aliphatic hydroxyl groups excluding tert-OH is 2. The Kier molecular flexibility index (Phi) is 31.2. The van der Waals surface area contributed by atoms with Crippen LogP contribution in [0.1, 0.15) is 184 Å². The first-order chi connectivity index (χ1) is 36.9. The van der Waals surface area contributed by atoms with Crippen molar-refractivity contribution in [2.24, 2.45) is 17.8 Å². The molecule has 0 saturated carbocycles. The lowest BCUT2D eigenvalue weighted by Gasteiger charge is -2.27. The van der Waals surface area contributed by atoms with Crippen LogP contribution in [-0.2, 0) is 9.47 Å². The number of hydrogen-bond acceptors (Lipinski definition) is 6. The second kappa shape index (κ2) is 37.5. The Morgan fingerprint density at radius 1 is 0.487 bits per heavy atom. The molecule has 5 aromatic rings. The van der Waals surface area contributed by atoms with Gasteiger partial charge in [-0.25, -0.2) is 0 Å². The highest BCUT2D eigenvalue weighted by Crippen LogP contribution is 2.43. The highest BCUT2D eigenvalue weighted by atomic mass is 16.5. The van der Waals surface area contributed by atoms with Crippen LogP contribution in [-0.4, -0.2) is 62.1 Å². The Bertz CT molecular complexity index is 2240. The fourth-order valence-corrected chi connectivity index (χ4v) is 9.57. The minimum Gasteiger partial charge on any atom is -0.491 e. The Balaban J connectivity index is 0.000000347. The minimum absolute atomic E-state index is 0.0930. The Labute approximate surface area is 461 Å². The second-order valence-corrected chi connectivity index (χ2v) is 21.8. The normalized spacial score (nSPS) is 14.5. The standard InChI is InChI=1S/C41H48O3.C29H50O3/c1-5-6-7-8-9-19-26-43-29-38(42)30-44-41-39(32(3)35-22-15-11-16-23-35)27-37(31(2)34-20-13-10-14-21-34)28-40(41)33(4)36-24-17-12-18-25-36;1-24(2)12-9-13-25(3)14-10-15-26(4)16-11-17-27(5)20-21-31-22-28(30)23-32-29-18-7-6-8-19-29/h5,9-25,27-28,31-33,38,42H,1,6-8,26,29-30H2,2-4H3;6-8,18-20,24-26,28,30H,9-17,21-23H2,1-5H3/b19-9+;27-20+/t;25-,26-,28?/m.1/s1. The summed E-state index contributed by atoms with van der Waals surface area (Å²) in [4.78, 5) is 0. The molecule has 0 saturated heterocycles. The highest BCUT2D eigenvalue weighted by molar-refractivity contribution is 5.54. The van der Waals surface area contributed by atoms with E-state index < -0.39 is 12.2 Å². The van der Waals surface area contributed by atoms with Crippen LogP contribution in [0.2, 0.25) is 0 Å². The number of ether oxygens (including phenoxy) is 4. The first-order valence-corrected chi connectivity index (χ1v) is 28.9. The van der Waals surface area contributed by atoms with Crippen LogP contribution in [0.3, 0.4) is 0 Å². The maximum Gasteiger partial charge on any atom is 0.127 e. The van der Waals surface area contributed by atoms with Gasteiger partial charge in [0.2, 0.25) is 0 Å². The van der Waals surface area contributed by atoms with Gasteiger partial charge in [-0.1, -0.05) is 245 Å². The summed E-state index contributed by atoms with van der Waals surface area (Å²) in [6.07, 6.45) is 22.0. The van der Waals surface area contributed by atoms with Gasteiger partial charge in [-0.15, -0.1) is 6.58 Å². The quantitative estimate of drug-likeness (QED) is 0.0307. The Morgan fingerprint density at radius 2 is 0.947 bits per heavy atom. The monoisotopic (exact) mass is 1030 g/mol. The summed E-state index contributed by atoms with van der Waals surface area (Å²) in [6, 6.07) is 46.0. The summed E-state index contributed by atoms with van der Waals surface area (Å²) in [5.41, 5.74) is 8.62. The average Bonchev–Trinajstić information content (AvgIpc) is 3.44. The summed E-state index contributed by atoms with van der Waals surface area (Å²) in [5, 5.41) is 20.9. The predicted molar refractivity (Wildman–Crippen MR) is 321 cm³/mol. The largest absolute Gasteiger partial charge is 0.491 e. The number of unbranched alkanes of at least 4 members (excludes halogenated alkanes) is 2. The molecule has 7 atom stereocenters. The summed E-state index contributed by atoms with van der Waals surface area (Å²) >= 11 is 0. The van der Waals surface area contributed by atoms with Crippen molar-refractivity contribution in [3.63, 3.8) is 0 Å². The lowest BCUT2D eigenvalue weighted by Crippen LogP contribution is -2.24. The molecule has 0 aliphatic rings. The Hall–Kier alpha value is -5.24. The first-order valence-electron chi connectivity index (χ1n) is 28.9. The molecule has 5 rings (SSSR count). The molecular weight excluding hydrogens is 937 g/mol. The summed E-state index contributed by atoms with van der Waals surface area (Å²) in [7, 11) is 0. The van der Waals surface area contributed by atoms with E-state index in [1.165, 1.54) is 79.2 Å². The molecule has 2 N–H and O–H groups in total. The fourth-order valence-electron chi connectivity index (χ4n) is 9.57. The third-order valence-corrected chi connectivity index (χ3v) is 14.6. The second-order valence-electron chi connectivity index (χ2n) is 21.8. The first kappa shape index (κ1) is 63.3. The van der Waals surface area contributed by atoms with Crippen LogP contribution >= 0.6 is 0 Å². The molecule has 0 heterocycles. The van der Waals surface area contributed by atoms with Crippen molar-refractivity contribution in [2.45, 2.75) is 162 Å². The zero-order valence-corrected chi connectivity index (χ0v) is 48.1. The summed E-state index contributed by atoms with van der Waals surface area (Å²) in [5.74, 6) is 4.56. The molecule has 6 heteroatoms. The van der Waals surface area contributed by atoms with Crippen molar-refractivity contribution >= 4 is 0 Å². The van der Waals surface area contributed by atoms with E-state index in [1.54, 1.807) is 0 Å². The van der Waals surface area contributed by atoms with Crippen LogP contribution in [0.25, 0.3) is 0 Å². The zero-order valence-electron chi connectivity index (χ0n) is 48.1. The van der Waals surface area contributed by atoms with Crippen LogP contribution in [0.5, 0.6) is 11.5 Å². The number of aliphatic hydroxyl groups is 2. The van der Waals surface area contributed by atoms with E-state index in [1.807, 2.05) is 42.5 Å². The van der Waals surface area contributed by atoms with Crippen molar-refractivity contribution in [1.29, 1.82) is 0 Å². The van der Waals surface area contributed by atoms with E-state index in [-0.39, 0.29) is 37.6 Å². The average molecular weight is 1040 g/mol. The molecule has 0 radical (unpaired) electrons. The fraction of sp³-hybridized carbons (Fsp3) is 0.486. The SMILES string of the molecule is C/C(=C\COCC(O)COc1ccccc1)CCC[C@H](C)CCC[C@H](C)CCCC(C)C.C=CCCC/C=C/COCC(O)COc1c(C(C)c2ccccc2)cc(C(C)c2ccccc2)cc1C(C)c1ccccc1. The zero-order chi connectivity index (χ0) is 54.8. The van der Waals surface area contributed by atoms with Crippen molar-refractivity contribution in [3.05, 3.63) is 203 Å². The maximum atomic E-state index is 10.9. The van der Waals surface area contributed by atoms with Gasteiger partial charge in [0.05, 0.1) is 26.4 Å². The molecule has 5 unspecified atom stereocenters. The summed E-state index contributed by atoms with van der Waals surface area (Å²) in [6.45, 7) is 24.1. The van der Waals surface area contributed by atoms with Crippen LogP contribution in [0, 0.1) is 17.8 Å².